The molecule has 2 aromatic carbocycles. The number of carboxylic acids is 1. The number of thiophene rings is 1. The van der Waals surface area contributed by atoms with Crippen molar-refractivity contribution in [2.75, 3.05) is 0 Å². The van der Waals surface area contributed by atoms with Crippen LogP contribution in [-0.4, -0.2) is 22.5 Å². The van der Waals surface area contributed by atoms with Crippen molar-refractivity contribution >= 4 is 46.3 Å². The number of ketones is 1. The van der Waals surface area contributed by atoms with Crippen LogP contribution in [-0.2, 0) is 11.0 Å². The first-order chi connectivity index (χ1) is 17.4. The highest BCUT2D eigenvalue weighted by atomic mass is 35.5. The number of hydrogen-bond donors (Lipinski definition) is 1. The van der Waals surface area contributed by atoms with Gasteiger partial charge in [-0.15, -0.1) is 11.3 Å². The largest absolute Gasteiger partial charge is 0.478 e. The molecule has 204 valence electrons. The second kappa shape index (κ2) is 10.9. The van der Waals surface area contributed by atoms with Crippen LogP contribution in [0.15, 0.2) is 48.5 Å². The maximum Gasteiger partial charge on any atom is 0.416 e. The Bertz CT molecular complexity index is 1340. The molecule has 1 atom stereocenters. The van der Waals surface area contributed by atoms with Gasteiger partial charge in [0.25, 0.3) is 0 Å². The fraction of sp³-hybridized carbons (Fsp3) is 0.357. The van der Waals surface area contributed by atoms with Crippen LogP contribution < -0.4 is 4.74 Å². The van der Waals surface area contributed by atoms with Crippen LogP contribution in [0.4, 0.5) is 13.2 Å². The van der Waals surface area contributed by atoms with E-state index < -0.39 is 28.7 Å². The molecule has 0 radical (unpaired) electrons. The molecule has 4 nitrogen and oxygen atoms in total. The molecule has 0 amide bonds. The molecular formula is C28H27Cl2F3O4S. The molecule has 0 spiro atoms. The monoisotopic (exact) mass is 586 g/mol. The van der Waals surface area contributed by atoms with Crippen LogP contribution in [0.3, 0.4) is 0 Å². The molecule has 0 saturated carbocycles. The first-order valence-electron chi connectivity index (χ1n) is 11.6. The normalized spacial score (nSPS) is 13.3. The van der Waals surface area contributed by atoms with E-state index in [0.29, 0.717) is 20.9 Å². The number of Topliss-reactive ketones (excluding diaryl/α,β-unsaturated/α-hetero) is 1. The van der Waals surface area contributed by atoms with Gasteiger partial charge in [0, 0.05) is 11.3 Å². The van der Waals surface area contributed by atoms with Crippen molar-refractivity contribution in [1.29, 1.82) is 0 Å². The molecule has 10 heteroatoms. The van der Waals surface area contributed by atoms with E-state index >= 15 is 0 Å². The fourth-order valence-electron chi connectivity index (χ4n) is 3.85. The number of rotatable bonds is 8. The summed E-state index contributed by atoms with van der Waals surface area (Å²) in [6.07, 6.45) is -4.31. The smallest absolute Gasteiger partial charge is 0.416 e. The number of halogens is 5. The van der Waals surface area contributed by atoms with Crippen molar-refractivity contribution < 1.29 is 32.6 Å². The Morgan fingerprint density at radius 2 is 1.53 bits per heavy atom. The average molecular weight is 587 g/mol. The third kappa shape index (κ3) is 6.71. The second-order valence-corrected chi connectivity index (χ2v) is 12.3. The molecule has 1 aromatic heterocycles. The van der Waals surface area contributed by atoms with E-state index in [9.17, 15) is 27.9 Å². The zero-order chi connectivity index (χ0) is 28.6. The quantitative estimate of drug-likeness (QED) is 0.267. The van der Waals surface area contributed by atoms with E-state index in [-0.39, 0.29) is 33.9 Å². The van der Waals surface area contributed by atoms with Crippen LogP contribution in [0, 0.1) is 5.41 Å². The Balaban J connectivity index is 1.87. The van der Waals surface area contributed by atoms with Crippen LogP contribution in [0.1, 0.15) is 67.8 Å². The number of carbonyl (C=O) groups is 2. The van der Waals surface area contributed by atoms with Crippen molar-refractivity contribution in [3.63, 3.8) is 0 Å². The number of carbonyl (C=O) groups excluding carboxylic acids is 1. The SMILES string of the molecule is CC(C)(Oc1ccc(C(CC(=O)c2ccc(-c3ccc(C(F)(F)F)cc3)s2)C(C)(C)C)c(Cl)c1Cl)C(=O)O. The number of hydrogen-bond acceptors (Lipinski definition) is 4. The van der Waals surface area contributed by atoms with E-state index in [1.54, 1.807) is 24.3 Å². The van der Waals surface area contributed by atoms with Gasteiger partial charge in [-0.1, -0.05) is 62.2 Å². The standard InChI is InChI=1S/C28H27Cl2F3O4S/c1-26(2,3)18(17-10-11-20(24(30)23(17)29)37-27(4,5)25(35)36)14-19(34)22-13-12-21(38-22)15-6-8-16(9-7-15)28(31,32)33/h6-13,18H,14H2,1-5H3,(H,35,36). The summed E-state index contributed by atoms with van der Waals surface area (Å²) in [5.41, 5.74) is -1.46. The molecule has 1 heterocycles. The lowest BCUT2D eigenvalue weighted by Gasteiger charge is -2.32. The number of aliphatic carboxylic acids is 1. The number of benzene rings is 2. The lowest BCUT2D eigenvalue weighted by Crippen LogP contribution is -2.38. The van der Waals surface area contributed by atoms with E-state index in [1.807, 2.05) is 20.8 Å². The van der Waals surface area contributed by atoms with E-state index in [4.69, 9.17) is 27.9 Å². The van der Waals surface area contributed by atoms with Crippen molar-refractivity contribution in [3.05, 3.63) is 74.6 Å². The van der Waals surface area contributed by atoms with E-state index in [0.717, 1.165) is 12.1 Å². The van der Waals surface area contributed by atoms with Gasteiger partial charge >= 0.3 is 12.1 Å². The lowest BCUT2D eigenvalue weighted by atomic mass is 9.73. The maximum absolute atomic E-state index is 13.3. The van der Waals surface area contributed by atoms with E-state index in [2.05, 4.69) is 0 Å². The number of alkyl halides is 3. The Labute approximate surface area is 233 Å². The Morgan fingerprint density at radius 3 is 2.05 bits per heavy atom. The Morgan fingerprint density at radius 1 is 0.921 bits per heavy atom. The summed E-state index contributed by atoms with van der Waals surface area (Å²) in [5.74, 6) is -1.55. The van der Waals surface area contributed by atoms with Gasteiger partial charge in [0.05, 0.1) is 15.5 Å². The summed E-state index contributed by atoms with van der Waals surface area (Å²) in [6.45, 7) is 8.69. The van der Waals surface area contributed by atoms with Gasteiger partial charge in [-0.25, -0.2) is 4.79 Å². The van der Waals surface area contributed by atoms with Crippen molar-refractivity contribution in [2.45, 2.75) is 58.7 Å². The maximum atomic E-state index is 13.3. The highest BCUT2D eigenvalue weighted by molar-refractivity contribution is 7.17. The highest BCUT2D eigenvalue weighted by Crippen LogP contribution is 2.46. The minimum Gasteiger partial charge on any atom is -0.478 e. The van der Waals surface area contributed by atoms with Crippen LogP contribution in [0.25, 0.3) is 10.4 Å². The molecule has 0 aliphatic rings. The molecule has 1 unspecified atom stereocenters. The molecular weight excluding hydrogens is 560 g/mol. The molecule has 1 N–H and O–H groups in total. The lowest BCUT2D eigenvalue weighted by molar-refractivity contribution is -0.152. The predicted octanol–water partition coefficient (Wildman–Crippen LogP) is 9.39. The fourth-order valence-corrected chi connectivity index (χ4v) is 5.31. The van der Waals surface area contributed by atoms with Gasteiger partial charge in [0.1, 0.15) is 10.8 Å². The Hall–Kier alpha value is -2.55. The molecule has 3 rings (SSSR count). The Kier molecular flexibility index (Phi) is 8.61. The zero-order valence-corrected chi connectivity index (χ0v) is 23.7. The minimum absolute atomic E-state index is 0.0564. The van der Waals surface area contributed by atoms with Gasteiger partial charge < -0.3 is 9.84 Å². The molecule has 0 aliphatic heterocycles. The summed E-state index contributed by atoms with van der Waals surface area (Å²) >= 11 is 14.3. The van der Waals surface area contributed by atoms with Crippen LogP contribution in [0.5, 0.6) is 5.75 Å². The summed E-state index contributed by atoms with van der Waals surface area (Å²) < 4.78 is 44.2. The van der Waals surface area contributed by atoms with Crippen molar-refractivity contribution in [2.24, 2.45) is 5.41 Å². The number of ether oxygens (including phenoxy) is 1. The third-order valence-corrected chi connectivity index (χ3v) is 8.20. The molecule has 0 fully saturated rings. The molecule has 0 aliphatic carbocycles. The summed E-state index contributed by atoms with van der Waals surface area (Å²) in [6, 6.07) is 11.4. The first-order valence-corrected chi connectivity index (χ1v) is 13.2. The summed E-state index contributed by atoms with van der Waals surface area (Å²) in [7, 11) is 0. The van der Waals surface area contributed by atoms with Gasteiger partial charge in [-0.3, -0.25) is 4.79 Å². The van der Waals surface area contributed by atoms with Crippen molar-refractivity contribution in [1.82, 2.24) is 0 Å². The second-order valence-electron chi connectivity index (χ2n) is 10.5. The molecule has 3 aromatic rings. The molecule has 0 bridgehead atoms. The van der Waals surface area contributed by atoms with Crippen molar-refractivity contribution in [3.8, 4) is 16.2 Å². The van der Waals surface area contributed by atoms with Gasteiger partial charge in [0.15, 0.2) is 11.4 Å². The highest BCUT2D eigenvalue weighted by Gasteiger charge is 2.34. The molecule has 0 saturated heterocycles. The first kappa shape index (κ1) is 30.0. The van der Waals surface area contributed by atoms with Gasteiger partial charge in [0.2, 0.25) is 0 Å². The number of carboxylic acid groups (broad SMARTS) is 1. The summed E-state index contributed by atoms with van der Waals surface area (Å²) in [4.78, 5) is 25.9. The van der Waals surface area contributed by atoms with E-state index in [1.165, 1.54) is 37.3 Å². The molecule has 38 heavy (non-hydrogen) atoms. The topological polar surface area (TPSA) is 63.6 Å². The minimum atomic E-state index is -4.42. The predicted molar refractivity (Wildman–Crippen MR) is 145 cm³/mol. The average Bonchev–Trinajstić information content (AvgIpc) is 3.30. The summed E-state index contributed by atoms with van der Waals surface area (Å²) in [5, 5.41) is 9.59. The van der Waals surface area contributed by atoms with Crippen LogP contribution >= 0.6 is 34.5 Å². The van der Waals surface area contributed by atoms with Gasteiger partial charge in [-0.2, -0.15) is 13.2 Å². The van der Waals surface area contributed by atoms with Gasteiger partial charge in [-0.05, 0) is 66.6 Å². The van der Waals surface area contributed by atoms with Crippen LogP contribution in [0.2, 0.25) is 10.0 Å². The zero-order valence-electron chi connectivity index (χ0n) is 21.4. The third-order valence-electron chi connectivity index (χ3n) is 6.14.